The maximum atomic E-state index is 12.5. The predicted octanol–water partition coefficient (Wildman–Crippen LogP) is 2.14. The largest absolute Gasteiger partial charge is 0.391 e. The molecule has 1 aromatic heterocycles. The van der Waals surface area contributed by atoms with Gasteiger partial charge in [0.1, 0.15) is 4.90 Å². The van der Waals surface area contributed by atoms with E-state index in [1.807, 2.05) is 6.92 Å². The lowest BCUT2D eigenvalue weighted by atomic mass is 10.3. The molecule has 0 unspecified atom stereocenters. The van der Waals surface area contributed by atoms with Gasteiger partial charge in [-0.2, -0.15) is 4.31 Å². The van der Waals surface area contributed by atoms with Gasteiger partial charge in [-0.15, -0.1) is 17.9 Å². The van der Waals surface area contributed by atoms with E-state index in [0.29, 0.717) is 17.0 Å². The fraction of sp³-hybridized carbons (Fsp3) is 0.500. The topological polar surface area (TPSA) is 57.6 Å². The Morgan fingerprint density at radius 2 is 2.22 bits per heavy atom. The average Bonchev–Trinajstić information content (AvgIpc) is 2.70. The van der Waals surface area contributed by atoms with Gasteiger partial charge < -0.3 is 5.11 Å². The highest BCUT2D eigenvalue weighted by Gasteiger charge is 2.28. The van der Waals surface area contributed by atoms with Crippen LogP contribution in [0.4, 0.5) is 0 Å². The quantitative estimate of drug-likeness (QED) is 0.782. The van der Waals surface area contributed by atoms with Gasteiger partial charge >= 0.3 is 0 Å². The standard InChI is InChI=1S/C12H19NO3S2/c1-4-6-13(7-5-2)18(15,16)12-10(3)9-17-11(12)8-14/h4,9,14H,1,5-8H2,2-3H3. The number of nitrogens with zero attached hydrogens (tertiary/aromatic N) is 1. The summed E-state index contributed by atoms with van der Waals surface area (Å²) in [6, 6.07) is 0. The second kappa shape index (κ2) is 6.47. The van der Waals surface area contributed by atoms with Crippen molar-refractivity contribution < 1.29 is 13.5 Å². The average molecular weight is 289 g/mol. The fourth-order valence-corrected chi connectivity index (χ4v) is 4.89. The third kappa shape index (κ3) is 3.00. The molecule has 102 valence electrons. The number of rotatable bonds is 7. The minimum atomic E-state index is -3.54. The number of hydrogen-bond acceptors (Lipinski definition) is 4. The highest BCUT2D eigenvalue weighted by atomic mass is 32.2. The van der Waals surface area contributed by atoms with Crippen LogP contribution >= 0.6 is 11.3 Å². The summed E-state index contributed by atoms with van der Waals surface area (Å²) in [6.07, 6.45) is 2.32. The van der Waals surface area contributed by atoms with E-state index in [2.05, 4.69) is 6.58 Å². The number of sulfonamides is 1. The van der Waals surface area contributed by atoms with Gasteiger partial charge in [-0.3, -0.25) is 0 Å². The molecular formula is C12H19NO3S2. The van der Waals surface area contributed by atoms with Crippen LogP contribution in [-0.4, -0.2) is 30.9 Å². The Bertz CT molecular complexity index is 505. The molecule has 0 amide bonds. The van der Waals surface area contributed by atoms with Crippen LogP contribution in [0.3, 0.4) is 0 Å². The molecule has 1 N–H and O–H groups in total. The molecule has 1 rings (SSSR count). The molecule has 1 aromatic rings. The van der Waals surface area contributed by atoms with E-state index in [1.165, 1.54) is 15.6 Å². The van der Waals surface area contributed by atoms with Gasteiger partial charge in [0.25, 0.3) is 0 Å². The minimum absolute atomic E-state index is 0.249. The molecule has 4 nitrogen and oxygen atoms in total. The molecule has 0 bridgehead atoms. The van der Waals surface area contributed by atoms with Crippen LogP contribution in [0, 0.1) is 6.92 Å². The van der Waals surface area contributed by atoms with Crippen molar-refractivity contribution in [2.24, 2.45) is 0 Å². The van der Waals surface area contributed by atoms with Crippen molar-refractivity contribution in [2.45, 2.75) is 31.8 Å². The van der Waals surface area contributed by atoms with Crippen LogP contribution < -0.4 is 0 Å². The van der Waals surface area contributed by atoms with Crippen molar-refractivity contribution in [2.75, 3.05) is 13.1 Å². The third-order valence-corrected chi connectivity index (χ3v) is 5.85. The molecule has 1 heterocycles. The number of aliphatic hydroxyl groups excluding tert-OH is 1. The highest BCUT2D eigenvalue weighted by molar-refractivity contribution is 7.89. The Labute approximate surface area is 113 Å². The van der Waals surface area contributed by atoms with E-state index < -0.39 is 10.0 Å². The maximum Gasteiger partial charge on any atom is 0.244 e. The SMILES string of the molecule is C=CCN(CCC)S(=O)(=O)c1c(C)csc1CO. The maximum absolute atomic E-state index is 12.5. The van der Waals surface area contributed by atoms with Crippen molar-refractivity contribution in [1.29, 1.82) is 0 Å². The lowest BCUT2D eigenvalue weighted by Gasteiger charge is -2.20. The highest BCUT2D eigenvalue weighted by Crippen LogP contribution is 2.29. The number of hydrogen-bond donors (Lipinski definition) is 1. The summed E-state index contributed by atoms with van der Waals surface area (Å²) in [6.45, 7) is 7.76. The van der Waals surface area contributed by atoms with E-state index >= 15 is 0 Å². The molecular weight excluding hydrogens is 270 g/mol. The second-order valence-electron chi connectivity index (χ2n) is 3.98. The van der Waals surface area contributed by atoms with Gasteiger partial charge in [-0.1, -0.05) is 13.0 Å². The van der Waals surface area contributed by atoms with Crippen LogP contribution in [0.1, 0.15) is 23.8 Å². The smallest absolute Gasteiger partial charge is 0.244 e. The van der Waals surface area contributed by atoms with Crippen molar-refractivity contribution in [1.82, 2.24) is 4.31 Å². The summed E-state index contributed by atoms with van der Waals surface area (Å²) in [7, 11) is -3.54. The molecule has 0 radical (unpaired) electrons. The number of aliphatic hydroxyl groups is 1. The number of thiophene rings is 1. The summed E-state index contributed by atoms with van der Waals surface area (Å²) in [5, 5.41) is 11.0. The van der Waals surface area contributed by atoms with Crippen LogP contribution in [0.5, 0.6) is 0 Å². The normalized spacial score (nSPS) is 12.0. The first-order valence-corrected chi connectivity index (χ1v) is 8.09. The fourth-order valence-electron chi connectivity index (χ4n) is 1.77. The van der Waals surface area contributed by atoms with E-state index in [9.17, 15) is 13.5 Å². The predicted molar refractivity (Wildman–Crippen MR) is 74.2 cm³/mol. The zero-order valence-electron chi connectivity index (χ0n) is 10.7. The monoisotopic (exact) mass is 289 g/mol. The molecule has 0 aliphatic carbocycles. The van der Waals surface area contributed by atoms with Gasteiger partial charge in [0, 0.05) is 13.1 Å². The molecule has 0 fully saturated rings. The molecule has 0 aliphatic rings. The Balaban J connectivity index is 3.25. The van der Waals surface area contributed by atoms with E-state index in [4.69, 9.17) is 0 Å². The van der Waals surface area contributed by atoms with Gasteiger partial charge in [-0.25, -0.2) is 8.42 Å². The molecule has 6 heteroatoms. The molecule has 0 atom stereocenters. The van der Waals surface area contributed by atoms with E-state index in [-0.39, 0.29) is 18.0 Å². The van der Waals surface area contributed by atoms with Gasteiger partial charge in [-0.05, 0) is 24.3 Å². The van der Waals surface area contributed by atoms with Crippen molar-refractivity contribution >= 4 is 21.4 Å². The molecule has 0 saturated heterocycles. The van der Waals surface area contributed by atoms with Crippen molar-refractivity contribution in [3.8, 4) is 0 Å². The summed E-state index contributed by atoms with van der Waals surface area (Å²) in [5.41, 5.74) is 0.689. The second-order valence-corrected chi connectivity index (χ2v) is 6.82. The van der Waals surface area contributed by atoms with Crippen LogP contribution in [0.25, 0.3) is 0 Å². The Hall–Kier alpha value is -0.690. The summed E-state index contributed by atoms with van der Waals surface area (Å²) < 4.78 is 26.5. The summed E-state index contributed by atoms with van der Waals surface area (Å²) in [4.78, 5) is 0.753. The van der Waals surface area contributed by atoms with E-state index in [0.717, 1.165) is 6.42 Å². The Morgan fingerprint density at radius 1 is 1.56 bits per heavy atom. The molecule has 18 heavy (non-hydrogen) atoms. The first kappa shape index (κ1) is 15.4. The van der Waals surface area contributed by atoms with Crippen molar-refractivity contribution in [3.63, 3.8) is 0 Å². The summed E-state index contributed by atoms with van der Waals surface area (Å²) in [5.74, 6) is 0. The van der Waals surface area contributed by atoms with Crippen LogP contribution in [0.2, 0.25) is 0 Å². The number of aryl methyl sites for hydroxylation is 1. The van der Waals surface area contributed by atoms with Gasteiger partial charge in [0.05, 0.1) is 11.5 Å². The minimum Gasteiger partial charge on any atom is -0.391 e. The molecule has 0 aromatic carbocycles. The summed E-state index contributed by atoms with van der Waals surface area (Å²) >= 11 is 1.27. The Morgan fingerprint density at radius 3 is 2.72 bits per heavy atom. The Kier molecular flexibility index (Phi) is 5.52. The van der Waals surface area contributed by atoms with Crippen LogP contribution in [0.15, 0.2) is 22.9 Å². The van der Waals surface area contributed by atoms with E-state index in [1.54, 1.807) is 18.4 Å². The first-order valence-electron chi connectivity index (χ1n) is 5.77. The van der Waals surface area contributed by atoms with Crippen LogP contribution in [-0.2, 0) is 16.6 Å². The van der Waals surface area contributed by atoms with Gasteiger partial charge in [0.15, 0.2) is 0 Å². The lowest BCUT2D eigenvalue weighted by molar-refractivity contribution is 0.282. The molecule has 0 saturated carbocycles. The first-order chi connectivity index (χ1) is 8.48. The lowest BCUT2D eigenvalue weighted by Crippen LogP contribution is -2.32. The zero-order chi connectivity index (χ0) is 13.8. The van der Waals surface area contributed by atoms with Crippen molar-refractivity contribution in [3.05, 3.63) is 28.5 Å². The zero-order valence-corrected chi connectivity index (χ0v) is 12.4. The molecule has 0 spiro atoms. The molecule has 0 aliphatic heterocycles. The van der Waals surface area contributed by atoms with Gasteiger partial charge in [0.2, 0.25) is 10.0 Å². The third-order valence-electron chi connectivity index (χ3n) is 2.54.